The summed E-state index contributed by atoms with van der Waals surface area (Å²) in [5.74, 6) is -0.0509. The Morgan fingerprint density at radius 3 is 1.46 bits per heavy atom. The van der Waals surface area contributed by atoms with E-state index in [0.717, 1.165) is 49.8 Å². The maximum atomic E-state index is 15.8. The highest BCUT2D eigenvalue weighted by Gasteiger charge is 2.34. The highest BCUT2D eigenvalue weighted by Crippen LogP contribution is 2.47. The summed E-state index contributed by atoms with van der Waals surface area (Å²) in [4.78, 5) is 10.1. The summed E-state index contributed by atoms with van der Waals surface area (Å²) in [5, 5.41) is 2.46. The van der Waals surface area contributed by atoms with Gasteiger partial charge in [0.2, 0.25) is 0 Å². The van der Waals surface area contributed by atoms with Gasteiger partial charge in [0.1, 0.15) is 0 Å². The fourth-order valence-electron chi connectivity index (χ4n) is 7.24. The second-order valence-corrected chi connectivity index (χ2v) is 14.8. The smallest absolute Gasteiger partial charge is 0.171 e. The van der Waals surface area contributed by atoms with Crippen molar-refractivity contribution in [2.45, 2.75) is 11.8 Å². The van der Waals surface area contributed by atoms with E-state index in [1.807, 2.05) is 66.7 Å². The van der Waals surface area contributed by atoms with Crippen molar-refractivity contribution in [2.24, 2.45) is 9.98 Å². The molecule has 0 amide bonds. The topological polar surface area (TPSA) is 41.8 Å². The molecule has 218 valence electrons. The Morgan fingerprint density at radius 1 is 0.478 bits per heavy atom. The summed E-state index contributed by atoms with van der Waals surface area (Å²) in [5.41, 5.74) is 10.9. The summed E-state index contributed by atoms with van der Waals surface area (Å²) in [6.45, 7) is 0. The molecule has 2 aliphatic heterocycles. The van der Waals surface area contributed by atoms with Crippen LogP contribution in [0.4, 0.5) is 11.4 Å². The second-order valence-electron chi connectivity index (χ2n) is 12.0. The first-order valence-electron chi connectivity index (χ1n) is 15.7. The number of aliphatic imine (C=N–C) groups is 2. The molecule has 5 aromatic rings. The molecule has 4 aliphatic rings. The molecule has 9 rings (SSSR count). The summed E-state index contributed by atoms with van der Waals surface area (Å²) < 4.78 is 15.8. The van der Waals surface area contributed by atoms with E-state index in [0.29, 0.717) is 0 Å². The van der Waals surface area contributed by atoms with Crippen molar-refractivity contribution in [3.63, 3.8) is 0 Å². The third-order valence-corrected chi connectivity index (χ3v) is 12.5. The van der Waals surface area contributed by atoms with Gasteiger partial charge in [-0.25, -0.2) is 0 Å². The zero-order chi connectivity index (χ0) is 30.7. The SMILES string of the molecule is O=P(c1ccccc1)(c1cccc(C2C=CC=C3C2=Nc2ccccc23)c1)c1cccc(C2C=CC=C3C2=Nc2ccccc23)c1. The van der Waals surface area contributed by atoms with Gasteiger partial charge < -0.3 is 4.57 Å². The van der Waals surface area contributed by atoms with Gasteiger partial charge in [-0.3, -0.25) is 9.98 Å². The minimum Gasteiger partial charge on any atom is -0.309 e. The maximum Gasteiger partial charge on any atom is 0.171 e. The van der Waals surface area contributed by atoms with Gasteiger partial charge in [-0.05, 0) is 35.4 Å². The van der Waals surface area contributed by atoms with Crippen molar-refractivity contribution in [1.29, 1.82) is 0 Å². The number of rotatable bonds is 5. The van der Waals surface area contributed by atoms with Crippen molar-refractivity contribution >= 4 is 57.0 Å². The lowest BCUT2D eigenvalue weighted by atomic mass is 9.85. The van der Waals surface area contributed by atoms with Crippen molar-refractivity contribution in [1.82, 2.24) is 0 Å². The lowest BCUT2D eigenvalue weighted by Gasteiger charge is -2.25. The van der Waals surface area contributed by atoms with Gasteiger partial charge >= 0.3 is 0 Å². The number of fused-ring (bicyclic) bond motifs is 6. The molecule has 0 saturated carbocycles. The summed E-state index contributed by atoms with van der Waals surface area (Å²) >= 11 is 0. The minimum atomic E-state index is -3.26. The van der Waals surface area contributed by atoms with E-state index in [1.165, 1.54) is 22.3 Å². The third-order valence-electron chi connectivity index (χ3n) is 9.45. The largest absolute Gasteiger partial charge is 0.309 e. The van der Waals surface area contributed by atoms with Crippen LogP contribution in [0.3, 0.4) is 0 Å². The Hall–Kier alpha value is -5.37. The van der Waals surface area contributed by atoms with Crippen molar-refractivity contribution in [3.05, 3.63) is 186 Å². The monoisotopic (exact) mass is 608 g/mol. The Balaban J connectivity index is 1.14. The van der Waals surface area contributed by atoms with E-state index in [-0.39, 0.29) is 11.8 Å². The van der Waals surface area contributed by atoms with Gasteiger partial charge in [-0.15, -0.1) is 0 Å². The van der Waals surface area contributed by atoms with Crippen LogP contribution in [-0.4, -0.2) is 11.4 Å². The number of para-hydroxylation sites is 2. The standard InChI is InChI=1S/C42H29N2OP/c45-46(30-14-2-1-3-15-30,31-16-8-12-28(26-31)33-20-10-22-37-35-18-4-6-24-39(35)43-41(33)37)32-17-9-13-29(27-32)34-21-11-23-38-36-19-5-7-25-40(36)44-42(34)38/h1-27,33-34H. The molecule has 0 spiro atoms. The maximum absolute atomic E-state index is 15.8. The van der Waals surface area contributed by atoms with E-state index in [1.54, 1.807) is 0 Å². The zero-order valence-corrected chi connectivity index (χ0v) is 25.9. The molecule has 2 unspecified atom stereocenters. The molecule has 0 fully saturated rings. The fourth-order valence-corrected chi connectivity index (χ4v) is 9.98. The minimum absolute atomic E-state index is 0.0255. The normalized spacial score (nSPS) is 19.9. The van der Waals surface area contributed by atoms with Crippen LogP contribution in [0.2, 0.25) is 0 Å². The molecule has 0 N–H and O–H groups in total. The first-order chi connectivity index (χ1) is 22.7. The van der Waals surface area contributed by atoms with Gasteiger partial charge in [0.25, 0.3) is 0 Å². The van der Waals surface area contributed by atoms with Crippen LogP contribution < -0.4 is 15.9 Å². The Kier molecular flexibility index (Phi) is 6.23. The molecule has 46 heavy (non-hydrogen) atoms. The van der Waals surface area contributed by atoms with Gasteiger partial charge in [-0.2, -0.15) is 0 Å². The molecule has 0 saturated heterocycles. The van der Waals surface area contributed by atoms with Crippen molar-refractivity contribution in [2.75, 3.05) is 0 Å². The van der Waals surface area contributed by atoms with Crippen LogP contribution in [0.15, 0.2) is 174 Å². The molecule has 2 atom stereocenters. The third kappa shape index (κ3) is 4.16. The predicted molar refractivity (Wildman–Crippen MR) is 193 cm³/mol. The Morgan fingerprint density at radius 2 is 0.935 bits per heavy atom. The quantitative estimate of drug-likeness (QED) is 0.184. The van der Waals surface area contributed by atoms with Gasteiger partial charge in [0.15, 0.2) is 7.14 Å². The molecule has 0 aromatic heterocycles. The molecule has 2 heterocycles. The van der Waals surface area contributed by atoms with Crippen LogP contribution in [0.25, 0.3) is 11.1 Å². The van der Waals surface area contributed by atoms with E-state index < -0.39 is 7.14 Å². The highest BCUT2D eigenvalue weighted by molar-refractivity contribution is 7.85. The first-order valence-corrected chi connectivity index (χ1v) is 17.4. The lowest BCUT2D eigenvalue weighted by molar-refractivity contribution is 0.592. The number of hydrogen-bond acceptors (Lipinski definition) is 3. The van der Waals surface area contributed by atoms with Crippen molar-refractivity contribution in [3.8, 4) is 0 Å². The van der Waals surface area contributed by atoms with Crippen LogP contribution >= 0.6 is 7.14 Å². The number of allylic oxidation sites excluding steroid dienone is 8. The van der Waals surface area contributed by atoms with Gasteiger partial charge in [-0.1, -0.05) is 140 Å². The number of benzene rings is 5. The summed E-state index contributed by atoms with van der Waals surface area (Å²) in [7, 11) is -3.26. The summed E-state index contributed by atoms with van der Waals surface area (Å²) in [6.07, 6.45) is 12.9. The zero-order valence-electron chi connectivity index (χ0n) is 25.0. The van der Waals surface area contributed by atoms with Crippen molar-refractivity contribution < 1.29 is 4.57 Å². The second kappa shape index (κ2) is 10.6. The van der Waals surface area contributed by atoms with Gasteiger partial charge in [0.05, 0.1) is 22.8 Å². The summed E-state index contributed by atoms with van der Waals surface area (Å²) in [6, 6.07) is 43.2. The van der Waals surface area contributed by atoms with Crippen LogP contribution in [-0.2, 0) is 4.57 Å². The van der Waals surface area contributed by atoms with Crippen LogP contribution in [0, 0.1) is 0 Å². The molecule has 4 heteroatoms. The highest BCUT2D eigenvalue weighted by atomic mass is 31.2. The van der Waals surface area contributed by atoms with E-state index in [9.17, 15) is 0 Å². The van der Waals surface area contributed by atoms with E-state index in [2.05, 4.69) is 97.1 Å². The average Bonchev–Trinajstić information content (AvgIpc) is 3.70. The van der Waals surface area contributed by atoms with Crippen LogP contribution in [0.1, 0.15) is 34.1 Å². The fraction of sp³-hybridized carbons (Fsp3) is 0.0476. The Bertz CT molecular complexity index is 2160. The van der Waals surface area contributed by atoms with Gasteiger partial charge in [0, 0.05) is 50.0 Å². The molecular weight excluding hydrogens is 579 g/mol. The van der Waals surface area contributed by atoms with E-state index in [4.69, 9.17) is 9.98 Å². The predicted octanol–water partition coefficient (Wildman–Crippen LogP) is 8.97. The molecule has 2 aliphatic carbocycles. The first kappa shape index (κ1) is 27.0. The molecular formula is C42H29N2OP. The molecule has 3 nitrogen and oxygen atoms in total. The molecule has 0 bridgehead atoms. The molecule has 0 radical (unpaired) electrons. The average molecular weight is 609 g/mol. The molecule has 5 aromatic carbocycles. The van der Waals surface area contributed by atoms with E-state index >= 15 is 4.57 Å². The lowest BCUT2D eigenvalue weighted by Crippen LogP contribution is -2.26. The number of hydrogen-bond donors (Lipinski definition) is 0. The number of nitrogens with zero attached hydrogens (tertiary/aromatic N) is 2. The van der Waals surface area contributed by atoms with Crippen LogP contribution in [0.5, 0.6) is 0 Å². The Labute approximate surface area is 268 Å².